The molecule has 0 amide bonds. The van der Waals surface area contributed by atoms with Crippen LogP contribution in [0.5, 0.6) is 0 Å². The molecular weight excluding hydrogens is 557 g/mol. The number of esters is 1. The molecular formula is C27H34IN3O4. The largest absolute Gasteiger partial charge is 0.481 e. The number of halogens is 1. The normalized spacial score (nSPS) is 11.6. The summed E-state index contributed by atoms with van der Waals surface area (Å²) in [6.07, 6.45) is 25.2. The first-order valence-electron chi connectivity index (χ1n) is 11.9. The molecule has 1 N–H and O–H groups in total. The highest BCUT2D eigenvalue weighted by molar-refractivity contribution is 14.1. The lowest BCUT2D eigenvalue weighted by molar-refractivity contribution is -0.137. The molecule has 0 bridgehead atoms. The number of unbranched alkanes of at least 4 members (excludes halogenated alkanes) is 4. The average molecular weight is 591 g/mol. The molecule has 0 saturated heterocycles. The summed E-state index contributed by atoms with van der Waals surface area (Å²) in [6, 6.07) is 5.06. The van der Waals surface area contributed by atoms with Gasteiger partial charge in [-0.05, 0) is 98.0 Å². The summed E-state index contributed by atoms with van der Waals surface area (Å²) in [5, 5.41) is 12.1. The van der Waals surface area contributed by atoms with E-state index in [4.69, 9.17) is 15.4 Å². The Morgan fingerprint density at radius 2 is 1.51 bits per heavy atom. The summed E-state index contributed by atoms with van der Waals surface area (Å²) in [7, 11) is 0. The molecule has 0 aliphatic rings. The second kappa shape index (κ2) is 20.5. The van der Waals surface area contributed by atoms with Crippen LogP contribution in [0, 0.1) is 3.57 Å². The number of azide groups is 1. The van der Waals surface area contributed by atoms with Gasteiger partial charge in [-0.15, -0.1) is 0 Å². The molecule has 0 aliphatic carbocycles. The minimum absolute atomic E-state index is 0.230. The topological polar surface area (TPSA) is 112 Å². The lowest BCUT2D eigenvalue weighted by Gasteiger charge is -2.07. The van der Waals surface area contributed by atoms with E-state index >= 15 is 0 Å². The van der Waals surface area contributed by atoms with Gasteiger partial charge in [-0.3, -0.25) is 4.79 Å². The number of benzene rings is 1. The second-order valence-corrected chi connectivity index (χ2v) is 8.96. The van der Waals surface area contributed by atoms with Crippen LogP contribution in [0.2, 0.25) is 0 Å². The van der Waals surface area contributed by atoms with Gasteiger partial charge in [-0.1, -0.05) is 59.8 Å². The molecule has 0 radical (unpaired) electrons. The maximum Gasteiger partial charge on any atom is 0.338 e. The van der Waals surface area contributed by atoms with Gasteiger partial charge in [-0.2, -0.15) is 0 Å². The first-order chi connectivity index (χ1) is 17.0. The van der Waals surface area contributed by atoms with E-state index in [1.807, 2.05) is 6.08 Å². The molecule has 1 aromatic carbocycles. The molecule has 0 heterocycles. The highest BCUT2D eigenvalue weighted by Crippen LogP contribution is 2.23. The van der Waals surface area contributed by atoms with Crippen LogP contribution in [0.3, 0.4) is 0 Å². The summed E-state index contributed by atoms with van der Waals surface area (Å²) in [5.74, 6) is -1.20. The Kier molecular flexibility index (Phi) is 17.7. The van der Waals surface area contributed by atoms with Crippen LogP contribution in [0.15, 0.2) is 71.9 Å². The van der Waals surface area contributed by atoms with Crippen molar-refractivity contribution in [2.24, 2.45) is 5.11 Å². The lowest BCUT2D eigenvalue weighted by Crippen LogP contribution is -2.07. The minimum atomic E-state index is -0.737. The number of rotatable bonds is 18. The number of carbonyl (C=O) groups excluding carboxylic acids is 1. The predicted octanol–water partition coefficient (Wildman–Crippen LogP) is 8.60. The van der Waals surface area contributed by atoms with Gasteiger partial charge >= 0.3 is 11.9 Å². The fourth-order valence-electron chi connectivity index (χ4n) is 3.01. The molecule has 188 valence electrons. The molecule has 0 aliphatic heterocycles. The van der Waals surface area contributed by atoms with Crippen LogP contribution in [0.4, 0.5) is 5.69 Å². The van der Waals surface area contributed by atoms with Crippen molar-refractivity contribution in [3.8, 4) is 0 Å². The van der Waals surface area contributed by atoms with Crippen LogP contribution in [0.25, 0.3) is 10.4 Å². The number of allylic oxidation sites excluding steroid dienone is 8. The van der Waals surface area contributed by atoms with Crippen molar-refractivity contribution in [3.63, 3.8) is 0 Å². The SMILES string of the molecule is [N-]=[N+]=Nc1ccc(I)cc1C(=O)OCCCCCC=CCC=CCC=CCC=CCCCC(=O)O. The predicted molar refractivity (Wildman–Crippen MR) is 149 cm³/mol. The lowest BCUT2D eigenvalue weighted by atomic mass is 10.1. The van der Waals surface area contributed by atoms with Gasteiger partial charge in [-0.25, -0.2) is 4.79 Å². The van der Waals surface area contributed by atoms with E-state index in [1.165, 1.54) is 0 Å². The number of hydrogen-bond acceptors (Lipinski definition) is 4. The standard InChI is InChI=1S/C27H34IN3O4/c28-23-19-20-25(30-31-29)24(22-23)27(34)35-21-17-15-13-11-9-7-5-3-1-2-4-6-8-10-12-14-16-18-26(32)33/h1,3-4,6-7,9-10,12,19-20,22H,2,5,8,11,13-18,21H2,(H,32,33). The van der Waals surface area contributed by atoms with E-state index in [9.17, 15) is 9.59 Å². The van der Waals surface area contributed by atoms with E-state index < -0.39 is 11.9 Å². The minimum Gasteiger partial charge on any atom is -0.481 e. The van der Waals surface area contributed by atoms with Crippen LogP contribution >= 0.6 is 22.6 Å². The second-order valence-electron chi connectivity index (χ2n) is 7.71. The number of carboxylic acid groups (broad SMARTS) is 1. The Morgan fingerprint density at radius 3 is 2.11 bits per heavy atom. The molecule has 0 saturated carbocycles. The Morgan fingerprint density at radius 1 is 0.914 bits per heavy atom. The van der Waals surface area contributed by atoms with Crippen molar-refractivity contribution < 1.29 is 19.4 Å². The van der Waals surface area contributed by atoms with Crippen molar-refractivity contribution in [2.75, 3.05) is 6.61 Å². The third-order valence-electron chi connectivity index (χ3n) is 4.82. The van der Waals surface area contributed by atoms with Crippen LogP contribution in [-0.4, -0.2) is 23.7 Å². The molecule has 0 unspecified atom stereocenters. The van der Waals surface area contributed by atoms with E-state index in [1.54, 1.807) is 18.2 Å². The van der Waals surface area contributed by atoms with Crippen molar-refractivity contribution >= 4 is 40.2 Å². The van der Waals surface area contributed by atoms with E-state index in [-0.39, 0.29) is 12.1 Å². The first-order valence-corrected chi connectivity index (χ1v) is 13.0. The molecule has 35 heavy (non-hydrogen) atoms. The van der Waals surface area contributed by atoms with Crippen LogP contribution in [-0.2, 0) is 9.53 Å². The molecule has 1 rings (SSSR count). The Hall–Kier alpha value is -2.84. The van der Waals surface area contributed by atoms with E-state index in [0.717, 1.165) is 54.9 Å². The summed E-state index contributed by atoms with van der Waals surface area (Å²) in [4.78, 5) is 25.4. The number of carboxylic acids is 1. The zero-order valence-corrected chi connectivity index (χ0v) is 22.2. The third kappa shape index (κ3) is 16.4. The van der Waals surface area contributed by atoms with Gasteiger partial charge in [0, 0.05) is 14.9 Å². The molecule has 1 aromatic rings. The zero-order valence-electron chi connectivity index (χ0n) is 20.0. The monoisotopic (exact) mass is 591 g/mol. The highest BCUT2D eigenvalue weighted by Gasteiger charge is 2.12. The zero-order chi connectivity index (χ0) is 25.6. The highest BCUT2D eigenvalue weighted by atomic mass is 127. The molecule has 0 atom stereocenters. The van der Waals surface area contributed by atoms with Crippen molar-refractivity contribution in [1.29, 1.82) is 0 Å². The molecule has 0 aromatic heterocycles. The molecule has 0 fully saturated rings. The van der Waals surface area contributed by atoms with E-state index in [2.05, 4.69) is 75.1 Å². The number of nitrogens with zero attached hydrogens (tertiary/aromatic N) is 3. The first kappa shape index (κ1) is 30.2. The Labute approximate surface area is 221 Å². The number of ether oxygens (including phenoxy) is 1. The average Bonchev–Trinajstić information content (AvgIpc) is 2.83. The summed E-state index contributed by atoms with van der Waals surface area (Å²) in [6.45, 7) is 0.348. The van der Waals surface area contributed by atoms with Gasteiger partial charge in [0.1, 0.15) is 0 Å². The summed E-state index contributed by atoms with van der Waals surface area (Å²) in [5.41, 5.74) is 9.21. The maximum atomic E-state index is 12.2. The van der Waals surface area contributed by atoms with E-state index in [0.29, 0.717) is 18.6 Å². The fourth-order valence-corrected chi connectivity index (χ4v) is 3.50. The van der Waals surface area contributed by atoms with Gasteiger partial charge in [0.2, 0.25) is 0 Å². The molecule has 0 spiro atoms. The molecule has 8 heteroatoms. The van der Waals surface area contributed by atoms with Crippen LogP contribution < -0.4 is 0 Å². The van der Waals surface area contributed by atoms with Crippen molar-refractivity contribution in [1.82, 2.24) is 0 Å². The van der Waals surface area contributed by atoms with Gasteiger partial charge in [0.05, 0.1) is 17.9 Å². The van der Waals surface area contributed by atoms with Crippen molar-refractivity contribution in [3.05, 3.63) is 86.4 Å². The number of aliphatic carboxylic acids is 1. The Balaban J connectivity index is 2.04. The quantitative estimate of drug-likeness (QED) is 0.0350. The van der Waals surface area contributed by atoms with Gasteiger partial charge < -0.3 is 9.84 Å². The van der Waals surface area contributed by atoms with Crippen molar-refractivity contribution in [2.45, 2.75) is 64.2 Å². The Bertz CT molecular complexity index is 948. The smallest absolute Gasteiger partial charge is 0.338 e. The van der Waals surface area contributed by atoms with Gasteiger partial charge in [0.25, 0.3) is 0 Å². The van der Waals surface area contributed by atoms with Crippen LogP contribution in [0.1, 0.15) is 74.6 Å². The number of carbonyl (C=O) groups is 2. The summed E-state index contributed by atoms with van der Waals surface area (Å²) >= 11 is 2.10. The number of hydrogen-bond donors (Lipinski definition) is 1. The molecule has 7 nitrogen and oxygen atoms in total. The maximum absolute atomic E-state index is 12.2. The fraction of sp³-hybridized carbons (Fsp3) is 0.407. The third-order valence-corrected chi connectivity index (χ3v) is 5.49. The summed E-state index contributed by atoms with van der Waals surface area (Å²) < 4.78 is 6.20. The van der Waals surface area contributed by atoms with Gasteiger partial charge in [0.15, 0.2) is 0 Å².